The van der Waals surface area contributed by atoms with Crippen LogP contribution < -0.4 is 5.32 Å². The van der Waals surface area contributed by atoms with Gasteiger partial charge in [-0.15, -0.1) is 0 Å². The Morgan fingerprint density at radius 2 is 1.61 bits per heavy atom. The summed E-state index contributed by atoms with van der Waals surface area (Å²) in [6, 6.07) is 0. The van der Waals surface area contributed by atoms with Crippen molar-refractivity contribution in [2.45, 2.75) is 67.2 Å². The first-order valence-electron chi connectivity index (χ1n) is 7.02. The van der Waals surface area contributed by atoms with Crippen LogP contribution in [-0.4, -0.2) is 12.5 Å². The van der Waals surface area contributed by atoms with Gasteiger partial charge >= 0.3 is 0 Å². The topological polar surface area (TPSA) is 29.1 Å². The SMILES string of the molecule is CC(C)(C)C/C=C\CCCC(=O)NCC(C)(C)C. The summed E-state index contributed by atoms with van der Waals surface area (Å²) in [7, 11) is 0. The van der Waals surface area contributed by atoms with Gasteiger partial charge in [0, 0.05) is 13.0 Å². The average molecular weight is 253 g/mol. The molecule has 1 amide bonds. The van der Waals surface area contributed by atoms with Crippen molar-refractivity contribution >= 4 is 5.91 Å². The smallest absolute Gasteiger partial charge is 0.220 e. The molecule has 0 aromatic heterocycles. The number of hydrogen-bond acceptors (Lipinski definition) is 1. The third kappa shape index (κ3) is 13.3. The van der Waals surface area contributed by atoms with E-state index in [1.54, 1.807) is 0 Å². The minimum atomic E-state index is 0.169. The molecular weight excluding hydrogens is 222 g/mol. The number of carbonyl (C=O) groups is 1. The van der Waals surface area contributed by atoms with Crippen LogP contribution in [0.2, 0.25) is 0 Å². The Hall–Kier alpha value is -0.790. The van der Waals surface area contributed by atoms with Gasteiger partial charge in [-0.2, -0.15) is 0 Å². The highest BCUT2D eigenvalue weighted by atomic mass is 16.1. The molecule has 0 bridgehead atoms. The van der Waals surface area contributed by atoms with E-state index in [0.29, 0.717) is 11.8 Å². The average Bonchev–Trinajstić information content (AvgIpc) is 2.17. The number of allylic oxidation sites excluding steroid dienone is 2. The van der Waals surface area contributed by atoms with Gasteiger partial charge in [-0.1, -0.05) is 53.7 Å². The highest BCUT2D eigenvalue weighted by Gasteiger charge is 2.11. The van der Waals surface area contributed by atoms with E-state index in [2.05, 4.69) is 59.0 Å². The molecule has 0 atom stereocenters. The molecule has 0 rings (SSSR count). The molecule has 0 saturated carbocycles. The fraction of sp³-hybridized carbons (Fsp3) is 0.812. The third-order valence-electron chi connectivity index (χ3n) is 2.49. The van der Waals surface area contributed by atoms with Crippen LogP contribution in [0.5, 0.6) is 0 Å². The quantitative estimate of drug-likeness (QED) is 0.554. The molecule has 0 aliphatic heterocycles. The van der Waals surface area contributed by atoms with E-state index in [1.807, 2.05) is 0 Å². The van der Waals surface area contributed by atoms with Gasteiger partial charge in [0.25, 0.3) is 0 Å². The highest BCUT2D eigenvalue weighted by molar-refractivity contribution is 5.75. The van der Waals surface area contributed by atoms with Gasteiger partial charge in [-0.05, 0) is 30.1 Å². The van der Waals surface area contributed by atoms with Gasteiger partial charge < -0.3 is 5.32 Å². The van der Waals surface area contributed by atoms with Gasteiger partial charge in [-0.3, -0.25) is 4.79 Å². The van der Waals surface area contributed by atoms with Crippen molar-refractivity contribution in [2.24, 2.45) is 10.8 Å². The lowest BCUT2D eigenvalue weighted by atomic mass is 9.92. The fourth-order valence-electron chi connectivity index (χ4n) is 1.39. The first-order valence-corrected chi connectivity index (χ1v) is 7.02. The maximum Gasteiger partial charge on any atom is 0.220 e. The molecule has 106 valence electrons. The summed E-state index contributed by atoms with van der Waals surface area (Å²) in [4.78, 5) is 11.5. The van der Waals surface area contributed by atoms with Crippen LogP contribution in [0.1, 0.15) is 67.2 Å². The molecule has 18 heavy (non-hydrogen) atoms. The van der Waals surface area contributed by atoms with Crippen LogP contribution in [0.15, 0.2) is 12.2 Å². The van der Waals surface area contributed by atoms with Crippen molar-refractivity contribution in [3.05, 3.63) is 12.2 Å². The van der Waals surface area contributed by atoms with Crippen molar-refractivity contribution in [1.82, 2.24) is 5.32 Å². The molecule has 0 heterocycles. The van der Waals surface area contributed by atoms with Gasteiger partial charge in [0.2, 0.25) is 5.91 Å². The van der Waals surface area contributed by atoms with E-state index < -0.39 is 0 Å². The van der Waals surface area contributed by atoms with Gasteiger partial charge in [0.15, 0.2) is 0 Å². The van der Waals surface area contributed by atoms with E-state index in [9.17, 15) is 4.79 Å². The second-order valence-electron chi connectivity index (χ2n) is 7.47. The Labute approximate surface area is 113 Å². The Morgan fingerprint density at radius 1 is 1.00 bits per heavy atom. The molecular formula is C16H31NO. The normalized spacial score (nSPS) is 13.0. The van der Waals surface area contributed by atoms with Crippen LogP contribution in [0, 0.1) is 10.8 Å². The molecule has 0 aliphatic rings. The first kappa shape index (κ1) is 17.2. The molecule has 0 unspecified atom stereocenters. The molecule has 2 heteroatoms. The minimum absolute atomic E-state index is 0.169. The molecule has 0 aromatic rings. The molecule has 0 aromatic carbocycles. The van der Waals surface area contributed by atoms with Crippen molar-refractivity contribution in [3.8, 4) is 0 Å². The predicted octanol–water partition coefficient (Wildman–Crippen LogP) is 4.31. The van der Waals surface area contributed by atoms with Crippen molar-refractivity contribution in [2.75, 3.05) is 6.54 Å². The Morgan fingerprint density at radius 3 is 2.11 bits per heavy atom. The largest absolute Gasteiger partial charge is 0.356 e. The Bertz CT molecular complexity index is 266. The first-order chi connectivity index (χ1) is 8.10. The van der Waals surface area contributed by atoms with E-state index in [-0.39, 0.29) is 11.3 Å². The second-order valence-corrected chi connectivity index (χ2v) is 7.47. The summed E-state index contributed by atoms with van der Waals surface area (Å²) in [5.74, 6) is 0.175. The number of amides is 1. The van der Waals surface area contributed by atoms with Crippen LogP contribution in [0.4, 0.5) is 0 Å². The van der Waals surface area contributed by atoms with Crippen molar-refractivity contribution < 1.29 is 4.79 Å². The van der Waals surface area contributed by atoms with Gasteiger partial charge in [-0.25, -0.2) is 0 Å². The van der Waals surface area contributed by atoms with Crippen molar-refractivity contribution in [1.29, 1.82) is 0 Å². The van der Waals surface area contributed by atoms with E-state index in [1.165, 1.54) is 0 Å². The molecule has 0 spiro atoms. The molecule has 0 saturated heterocycles. The number of unbranched alkanes of at least 4 members (excludes halogenated alkanes) is 1. The molecule has 0 aliphatic carbocycles. The highest BCUT2D eigenvalue weighted by Crippen LogP contribution is 2.18. The zero-order chi connectivity index (χ0) is 14.2. The maximum atomic E-state index is 11.5. The summed E-state index contributed by atoms with van der Waals surface area (Å²) in [6.07, 6.45) is 8.10. The summed E-state index contributed by atoms with van der Waals surface area (Å²) in [6.45, 7) is 13.8. The zero-order valence-corrected chi connectivity index (χ0v) is 13.1. The van der Waals surface area contributed by atoms with Crippen LogP contribution in [0.25, 0.3) is 0 Å². The lowest BCUT2D eigenvalue weighted by Crippen LogP contribution is -2.31. The third-order valence-corrected chi connectivity index (χ3v) is 2.49. The minimum Gasteiger partial charge on any atom is -0.356 e. The van der Waals surface area contributed by atoms with Gasteiger partial charge in [0.1, 0.15) is 0 Å². The lowest BCUT2D eigenvalue weighted by molar-refractivity contribution is -0.121. The number of carbonyl (C=O) groups excluding carboxylic acids is 1. The second kappa shape index (κ2) is 7.60. The zero-order valence-electron chi connectivity index (χ0n) is 13.1. The standard InChI is InChI=1S/C16H31NO/c1-15(2,3)12-10-8-7-9-11-14(18)17-13-16(4,5)6/h8,10H,7,9,11-13H2,1-6H3,(H,17,18)/b10-8-. The number of hydrogen-bond donors (Lipinski definition) is 1. The number of nitrogens with one attached hydrogen (secondary N) is 1. The lowest BCUT2D eigenvalue weighted by Gasteiger charge is -2.18. The molecule has 0 fully saturated rings. The van der Waals surface area contributed by atoms with E-state index in [4.69, 9.17) is 0 Å². The Kier molecular flexibility index (Phi) is 7.27. The van der Waals surface area contributed by atoms with E-state index >= 15 is 0 Å². The van der Waals surface area contributed by atoms with Gasteiger partial charge in [0.05, 0.1) is 0 Å². The summed E-state index contributed by atoms with van der Waals surface area (Å²) >= 11 is 0. The van der Waals surface area contributed by atoms with Crippen LogP contribution in [0.3, 0.4) is 0 Å². The predicted molar refractivity (Wildman–Crippen MR) is 79.5 cm³/mol. The summed E-state index contributed by atoms with van der Waals surface area (Å²) < 4.78 is 0. The summed E-state index contributed by atoms with van der Waals surface area (Å²) in [5, 5.41) is 2.97. The maximum absolute atomic E-state index is 11.5. The fourth-order valence-corrected chi connectivity index (χ4v) is 1.39. The molecule has 1 N–H and O–H groups in total. The van der Waals surface area contributed by atoms with Crippen LogP contribution >= 0.6 is 0 Å². The Balaban J connectivity index is 3.58. The van der Waals surface area contributed by atoms with Crippen molar-refractivity contribution in [3.63, 3.8) is 0 Å². The van der Waals surface area contributed by atoms with Crippen LogP contribution in [-0.2, 0) is 4.79 Å². The molecule has 2 nitrogen and oxygen atoms in total. The number of rotatable bonds is 6. The molecule has 0 radical (unpaired) electrons. The van der Waals surface area contributed by atoms with E-state index in [0.717, 1.165) is 25.8 Å². The monoisotopic (exact) mass is 253 g/mol. The summed E-state index contributed by atoms with van der Waals surface area (Å²) in [5.41, 5.74) is 0.531.